The van der Waals surface area contributed by atoms with Crippen molar-refractivity contribution < 1.29 is 4.74 Å². The molecule has 0 aliphatic heterocycles. The number of ether oxygens (including phenoxy) is 1. The second-order valence-electron chi connectivity index (χ2n) is 3.85. The van der Waals surface area contributed by atoms with Crippen LogP contribution < -0.4 is 10.5 Å². The van der Waals surface area contributed by atoms with Gasteiger partial charge in [0.25, 0.3) is 0 Å². The molecule has 2 rings (SSSR count). The van der Waals surface area contributed by atoms with Gasteiger partial charge in [-0.3, -0.25) is 9.97 Å². The SMILES string of the molecule is CC(N)c1cccc(OCc2cnccn2)c1. The molecule has 0 spiro atoms. The molecule has 2 N–H and O–H groups in total. The van der Waals surface area contributed by atoms with E-state index < -0.39 is 0 Å². The topological polar surface area (TPSA) is 61.0 Å². The van der Waals surface area contributed by atoms with Gasteiger partial charge >= 0.3 is 0 Å². The third-order valence-corrected chi connectivity index (χ3v) is 2.39. The molecule has 0 radical (unpaired) electrons. The van der Waals surface area contributed by atoms with Gasteiger partial charge in [0.1, 0.15) is 12.4 Å². The zero-order valence-corrected chi connectivity index (χ0v) is 9.71. The van der Waals surface area contributed by atoms with Crippen LogP contribution in [-0.2, 0) is 6.61 Å². The van der Waals surface area contributed by atoms with E-state index >= 15 is 0 Å². The smallest absolute Gasteiger partial charge is 0.132 e. The fourth-order valence-corrected chi connectivity index (χ4v) is 1.45. The van der Waals surface area contributed by atoms with Crippen LogP contribution in [0.2, 0.25) is 0 Å². The van der Waals surface area contributed by atoms with E-state index in [9.17, 15) is 0 Å². The summed E-state index contributed by atoms with van der Waals surface area (Å²) in [5.74, 6) is 0.797. The number of nitrogens with two attached hydrogens (primary N) is 1. The van der Waals surface area contributed by atoms with Gasteiger partial charge < -0.3 is 10.5 Å². The molecule has 4 nitrogen and oxygen atoms in total. The molecule has 0 aliphatic rings. The largest absolute Gasteiger partial charge is 0.487 e. The van der Waals surface area contributed by atoms with Crippen molar-refractivity contribution in [3.05, 3.63) is 54.1 Å². The first-order valence-corrected chi connectivity index (χ1v) is 5.49. The van der Waals surface area contributed by atoms with Crippen LogP contribution >= 0.6 is 0 Å². The molecule has 0 saturated heterocycles. The van der Waals surface area contributed by atoms with Crippen molar-refractivity contribution in [1.29, 1.82) is 0 Å². The summed E-state index contributed by atoms with van der Waals surface area (Å²) in [5.41, 5.74) is 7.67. The molecule has 0 fully saturated rings. The molecule has 0 bridgehead atoms. The predicted octanol–water partition coefficient (Wildman–Crippen LogP) is 2.08. The average molecular weight is 229 g/mol. The molecule has 1 aromatic heterocycles. The summed E-state index contributed by atoms with van der Waals surface area (Å²) < 4.78 is 5.62. The van der Waals surface area contributed by atoms with Gasteiger partial charge in [-0.15, -0.1) is 0 Å². The Labute approximate surface area is 100 Å². The van der Waals surface area contributed by atoms with Crippen molar-refractivity contribution in [1.82, 2.24) is 9.97 Å². The number of nitrogens with zero attached hydrogens (tertiary/aromatic N) is 2. The fraction of sp³-hybridized carbons (Fsp3) is 0.231. The third kappa shape index (κ3) is 3.26. The zero-order chi connectivity index (χ0) is 12.1. The van der Waals surface area contributed by atoms with E-state index in [1.165, 1.54) is 0 Å². The number of hydrogen-bond donors (Lipinski definition) is 1. The Morgan fingerprint density at radius 1 is 1.35 bits per heavy atom. The van der Waals surface area contributed by atoms with Crippen LogP contribution in [0.4, 0.5) is 0 Å². The van der Waals surface area contributed by atoms with Crippen LogP contribution in [-0.4, -0.2) is 9.97 Å². The molecule has 0 saturated carbocycles. The normalized spacial score (nSPS) is 12.1. The van der Waals surface area contributed by atoms with E-state index in [1.807, 2.05) is 31.2 Å². The molecule has 1 unspecified atom stereocenters. The Balaban J connectivity index is 2.02. The van der Waals surface area contributed by atoms with Gasteiger partial charge in [0.05, 0.1) is 11.9 Å². The summed E-state index contributed by atoms with van der Waals surface area (Å²) in [4.78, 5) is 8.12. The Kier molecular flexibility index (Phi) is 3.67. The van der Waals surface area contributed by atoms with Crippen molar-refractivity contribution in [2.24, 2.45) is 5.73 Å². The highest BCUT2D eigenvalue weighted by Gasteiger charge is 2.01. The highest BCUT2D eigenvalue weighted by molar-refractivity contribution is 5.30. The minimum Gasteiger partial charge on any atom is -0.487 e. The molecular weight excluding hydrogens is 214 g/mol. The molecule has 88 valence electrons. The Hall–Kier alpha value is -1.94. The Bertz CT molecular complexity index is 471. The summed E-state index contributed by atoms with van der Waals surface area (Å²) in [7, 11) is 0. The number of rotatable bonds is 4. The molecule has 1 aromatic carbocycles. The molecule has 0 aliphatic carbocycles. The Morgan fingerprint density at radius 3 is 2.94 bits per heavy atom. The minimum absolute atomic E-state index is 0.00932. The van der Waals surface area contributed by atoms with Gasteiger partial charge in [0.15, 0.2) is 0 Å². The first kappa shape index (κ1) is 11.5. The van der Waals surface area contributed by atoms with Crippen molar-refractivity contribution in [3.63, 3.8) is 0 Å². The maximum atomic E-state index is 5.81. The molecule has 17 heavy (non-hydrogen) atoms. The van der Waals surface area contributed by atoms with Crippen LogP contribution in [0.5, 0.6) is 5.75 Å². The van der Waals surface area contributed by atoms with Gasteiger partial charge in [0.2, 0.25) is 0 Å². The maximum Gasteiger partial charge on any atom is 0.132 e. The van der Waals surface area contributed by atoms with Crippen molar-refractivity contribution >= 4 is 0 Å². The van der Waals surface area contributed by atoms with E-state index in [2.05, 4.69) is 9.97 Å². The summed E-state index contributed by atoms with van der Waals surface area (Å²) in [5, 5.41) is 0. The monoisotopic (exact) mass is 229 g/mol. The summed E-state index contributed by atoms with van der Waals surface area (Å²) >= 11 is 0. The van der Waals surface area contributed by atoms with Gasteiger partial charge in [-0.1, -0.05) is 12.1 Å². The highest BCUT2D eigenvalue weighted by Crippen LogP contribution is 2.18. The number of aromatic nitrogens is 2. The van der Waals surface area contributed by atoms with E-state index in [-0.39, 0.29) is 6.04 Å². The van der Waals surface area contributed by atoms with E-state index in [0.717, 1.165) is 17.0 Å². The maximum absolute atomic E-state index is 5.81. The minimum atomic E-state index is 0.00932. The summed E-state index contributed by atoms with van der Waals surface area (Å²) in [6.07, 6.45) is 4.98. The average Bonchev–Trinajstić information content (AvgIpc) is 2.38. The molecular formula is C13H15N3O. The van der Waals surface area contributed by atoms with Gasteiger partial charge in [-0.05, 0) is 24.6 Å². The molecule has 0 amide bonds. The molecule has 1 heterocycles. The molecule has 1 atom stereocenters. The standard InChI is InChI=1S/C13H15N3O/c1-10(14)11-3-2-4-13(7-11)17-9-12-8-15-5-6-16-12/h2-8,10H,9,14H2,1H3. The Morgan fingerprint density at radius 2 is 2.24 bits per heavy atom. The van der Waals surface area contributed by atoms with Crippen LogP contribution in [0.1, 0.15) is 24.2 Å². The lowest BCUT2D eigenvalue weighted by atomic mass is 10.1. The van der Waals surface area contributed by atoms with Gasteiger partial charge in [0, 0.05) is 18.4 Å². The lowest BCUT2D eigenvalue weighted by Crippen LogP contribution is -2.05. The second kappa shape index (κ2) is 5.41. The van der Waals surface area contributed by atoms with E-state index in [1.54, 1.807) is 18.6 Å². The second-order valence-corrected chi connectivity index (χ2v) is 3.85. The van der Waals surface area contributed by atoms with E-state index in [0.29, 0.717) is 6.61 Å². The quantitative estimate of drug-likeness (QED) is 0.871. The fourth-order valence-electron chi connectivity index (χ4n) is 1.45. The lowest BCUT2D eigenvalue weighted by Gasteiger charge is -2.09. The molecule has 4 heteroatoms. The predicted molar refractivity (Wildman–Crippen MR) is 65.4 cm³/mol. The first-order valence-electron chi connectivity index (χ1n) is 5.49. The van der Waals surface area contributed by atoms with Crippen molar-refractivity contribution in [2.75, 3.05) is 0 Å². The van der Waals surface area contributed by atoms with Crippen LogP contribution in [0, 0.1) is 0 Å². The van der Waals surface area contributed by atoms with Gasteiger partial charge in [-0.2, -0.15) is 0 Å². The van der Waals surface area contributed by atoms with Crippen molar-refractivity contribution in [2.45, 2.75) is 19.6 Å². The lowest BCUT2D eigenvalue weighted by molar-refractivity contribution is 0.300. The van der Waals surface area contributed by atoms with Crippen LogP contribution in [0.25, 0.3) is 0 Å². The van der Waals surface area contributed by atoms with E-state index in [4.69, 9.17) is 10.5 Å². The van der Waals surface area contributed by atoms with Crippen molar-refractivity contribution in [3.8, 4) is 5.75 Å². The summed E-state index contributed by atoms with van der Waals surface area (Å²) in [6, 6.07) is 7.78. The van der Waals surface area contributed by atoms with Gasteiger partial charge in [-0.25, -0.2) is 0 Å². The number of benzene rings is 1. The first-order chi connectivity index (χ1) is 8.25. The third-order valence-electron chi connectivity index (χ3n) is 2.39. The zero-order valence-electron chi connectivity index (χ0n) is 9.71. The number of hydrogen-bond acceptors (Lipinski definition) is 4. The summed E-state index contributed by atoms with van der Waals surface area (Å²) in [6.45, 7) is 2.36. The molecule has 2 aromatic rings. The van der Waals surface area contributed by atoms with Crippen LogP contribution in [0.15, 0.2) is 42.9 Å². The van der Waals surface area contributed by atoms with Crippen LogP contribution in [0.3, 0.4) is 0 Å². The highest BCUT2D eigenvalue weighted by atomic mass is 16.5.